The average Bonchev–Trinajstić information content (AvgIpc) is 2.83. The number of nitrogens with zero attached hydrogens (tertiary/aromatic N) is 2. The lowest BCUT2D eigenvalue weighted by Crippen LogP contribution is -2.51. The zero-order valence-corrected chi connectivity index (χ0v) is 18.9. The van der Waals surface area contributed by atoms with Gasteiger partial charge in [-0.2, -0.15) is 0 Å². The predicted octanol–water partition coefficient (Wildman–Crippen LogP) is 1.50. The van der Waals surface area contributed by atoms with E-state index in [0.29, 0.717) is 24.6 Å². The third-order valence-electron chi connectivity index (χ3n) is 5.41. The van der Waals surface area contributed by atoms with E-state index in [1.54, 1.807) is 14.2 Å². The summed E-state index contributed by atoms with van der Waals surface area (Å²) < 4.78 is 21.6. The van der Waals surface area contributed by atoms with Crippen LogP contribution in [0.3, 0.4) is 0 Å². The molecule has 0 spiro atoms. The normalized spacial score (nSPS) is 16.9. The fourth-order valence-electron chi connectivity index (χ4n) is 3.58. The highest BCUT2D eigenvalue weighted by Crippen LogP contribution is 2.18. The van der Waals surface area contributed by atoms with E-state index in [2.05, 4.69) is 9.80 Å². The molecule has 0 saturated carbocycles. The number of methoxy groups -OCH3 is 2. The molecule has 32 heavy (non-hydrogen) atoms. The van der Waals surface area contributed by atoms with Crippen LogP contribution in [0.4, 0.5) is 0 Å². The molecular weight excluding hydrogens is 412 g/mol. The van der Waals surface area contributed by atoms with Crippen LogP contribution in [0.2, 0.25) is 0 Å². The number of ether oxygens (including phenoxy) is 4. The van der Waals surface area contributed by atoms with Crippen LogP contribution in [0.15, 0.2) is 48.5 Å². The van der Waals surface area contributed by atoms with Gasteiger partial charge in [-0.25, -0.2) is 0 Å². The fourth-order valence-corrected chi connectivity index (χ4v) is 3.58. The van der Waals surface area contributed by atoms with E-state index < -0.39 is 12.2 Å². The quantitative estimate of drug-likeness (QED) is 0.508. The Morgan fingerprint density at radius 2 is 0.938 bits per heavy atom. The Morgan fingerprint density at radius 3 is 1.25 bits per heavy atom. The first-order chi connectivity index (χ1) is 15.6. The van der Waals surface area contributed by atoms with Gasteiger partial charge in [-0.3, -0.25) is 9.80 Å². The van der Waals surface area contributed by atoms with Crippen molar-refractivity contribution in [2.75, 3.05) is 66.7 Å². The Hall–Kier alpha value is -2.52. The molecule has 1 aliphatic rings. The van der Waals surface area contributed by atoms with Crippen LogP contribution in [-0.4, -0.2) is 98.9 Å². The molecular formula is C24H34N2O6. The smallest absolute Gasteiger partial charge is 0.119 e. The van der Waals surface area contributed by atoms with Crippen LogP contribution in [0, 0.1) is 0 Å². The van der Waals surface area contributed by atoms with Crippen molar-refractivity contribution < 1.29 is 29.2 Å². The predicted molar refractivity (Wildman–Crippen MR) is 122 cm³/mol. The maximum absolute atomic E-state index is 10.3. The number of benzene rings is 2. The first-order valence-corrected chi connectivity index (χ1v) is 10.9. The van der Waals surface area contributed by atoms with Crippen molar-refractivity contribution >= 4 is 0 Å². The number of aliphatic hydroxyl groups is 2. The Kier molecular flexibility index (Phi) is 9.43. The van der Waals surface area contributed by atoms with E-state index in [1.165, 1.54) is 0 Å². The second-order valence-corrected chi connectivity index (χ2v) is 7.88. The maximum Gasteiger partial charge on any atom is 0.119 e. The fraction of sp³-hybridized carbons (Fsp3) is 0.500. The van der Waals surface area contributed by atoms with Crippen LogP contribution in [-0.2, 0) is 0 Å². The summed E-state index contributed by atoms with van der Waals surface area (Å²) in [6.07, 6.45) is -1.13. The highest BCUT2D eigenvalue weighted by atomic mass is 16.5. The van der Waals surface area contributed by atoms with Gasteiger partial charge in [0.25, 0.3) is 0 Å². The van der Waals surface area contributed by atoms with Crippen molar-refractivity contribution in [3.05, 3.63) is 48.5 Å². The molecule has 2 atom stereocenters. The Balaban J connectivity index is 1.29. The van der Waals surface area contributed by atoms with Crippen molar-refractivity contribution in [2.45, 2.75) is 12.2 Å². The number of β-amino-alcohol motifs (C(OH)–C–C–N with tert-alkyl or cyclic N) is 2. The van der Waals surface area contributed by atoms with Crippen LogP contribution < -0.4 is 18.9 Å². The Morgan fingerprint density at radius 1 is 0.625 bits per heavy atom. The van der Waals surface area contributed by atoms with Crippen LogP contribution >= 0.6 is 0 Å². The minimum atomic E-state index is -0.563. The van der Waals surface area contributed by atoms with E-state index >= 15 is 0 Å². The second kappa shape index (κ2) is 12.5. The van der Waals surface area contributed by atoms with Gasteiger partial charge in [0, 0.05) is 39.3 Å². The molecule has 1 saturated heterocycles. The molecule has 3 rings (SSSR count). The summed E-state index contributed by atoms with van der Waals surface area (Å²) in [6.45, 7) is 4.97. The van der Waals surface area contributed by atoms with Gasteiger partial charge in [0.05, 0.1) is 14.2 Å². The van der Waals surface area contributed by atoms with E-state index in [4.69, 9.17) is 18.9 Å². The summed E-state index contributed by atoms with van der Waals surface area (Å²) >= 11 is 0. The van der Waals surface area contributed by atoms with Gasteiger partial charge in [0.15, 0.2) is 0 Å². The molecule has 176 valence electrons. The van der Waals surface area contributed by atoms with Gasteiger partial charge in [0.2, 0.25) is 0 Å². The van der Waals surface area contributed by atoms with E-state index in [-0.39, 0.29) is 13.2 Å². The minimum absolute atomic E-state index is 0.244. The number of piperazine rings is 1. The summed E-state index contributed by atoms with van der Waals surface area (Å²) in [4.78, 5) is 4.44. The molecule has 2 aromatic rings. The monoisotopic (exact) mass is 446 g/mol. The molecule has 0 bridgehead atoms. The average molecular weight is 447 g/mol. The third-order valence-corrected chi connectivity index (χ3v) is 5.41. The van der Waals surface area contributed by atoms with Gasteiger partial charge < -0.3 is 29.2 Å². The van der Waals surface area contributed by atoms with E-state index in [9.17, 15) is 10.2 Å². The lowest BCUT2D eigenvalue weighted by molar-refractivity contribution is 0.0240. The molecule has 1 heterocycles. The standard InChI is InChI=1S/C24H34N2O6/c1-29-21-3-7-23(8-4-21)31-17-19(27)15-25-11-13-26(14-12-25)16-20(28)18-32-24-9-5-22(30-2)6-10-24/h3-10,19-20,27-28H,11-18H2,1-2H3/t19-,20+. The largest absolute Gasteiger partial charge is 0.497 e. The molecule has 1 fully saturated rings. The highest BCUT2D eigenvalue weighted by molar-refractivity contribution is 5.31. The number of hydrogen-bond acceptors (Lipinski definition) is 8. The van der Waals surface area contributed by atoms with Crippen molar-refractivity contribution in [3.8, 4) is 23.0 Å². The molecule has 0 radical (unpaired) electrons. The van der Waals surface area contributed by atoms with Crippen LogP contribution in [0.25, 0.3) is 0 Å². The molecule has 0 unspecified atom stereocenters. The Bertz CT molecular complexity index is 711. The molecule has 2 aromatic carbocycles. The van der Waals surface area contributed by atoms with E-state index in [0.717, 1.165) is 37.7 Å². The molecule has 0 aliphatic carbocycles. The van der Waals surface area contributed by atoms with Gasteiger partial charge in [0.1, 0.15) is 48.4 Å². The summed E-state index contributed by atoms with van der Waals surface area (Å²) in [5.41, 5.74) is 0. The summed E-state index contributed by atoms with van der Waals surface area (Å²) in [5.74, 6) is 2.96. The van der Waals surface area contributed by atoms with Crippen LogP contribution in [0.1, 0.15) is 0 Å². The lowest BCUT2D eigenvalue weighted by atomic mass is 10.2. The maximum atomic E-state index is 10.3. The molecule has 0 amide bonds. The zero-order valence-electron chi connectivity index (χ0n) is 18.9. The Labute approximate surface area is 189 Å². The molecule has 1 aliphatic heterocycles. The number of rotatable bonds is 12. The van der Waals surface area contributed by atoms with Crippen molar-refractivity contribution in [1.82, 2.24) is 9.80 Å². The highest BCUT2D eigenvalue weighted by Gasteiger charge is 2.21. The second-order valence-electron chi connectivity index (χ2n) is 7.88. The third kappa shape index (κ3) is 7.87. The van der Waals surface area contributed by atoms with Gasteiger partial charge in [-0.1, -0.05) is 0 Å². The molecule has 8 nitrogen and oxygen atoms in total. The lowest BCUT2D eigenvalue weighted by Gasteiger charge is -2.36. The topological polar surface area (TPSA) is 83.9 Å². The minimum Gasteiger partial charge on any atom is -0.497 e. The summed E-state index contributed by atoms with van der Waals surface area (Å²) in [5, 5.41) is 20.6. The molecule has 2 N–H and O–H groups in total. The van der Waals surface area contributed by atoms with Gasteiger partial charge >= 0.3 is 0 Å². The molecule has 0 aromatic heterocycles. The number of aliphatic hydroxyl groups excluding tert-OH is 2. The first-order valence-electron chi connectivity index (χ1n) is 10.9. The van der Waals surface area contributed by atoms with Crippen molar-refractivity contribution in [1.29, 1.82) is 0 Å². The summed E-state index contributed by atoms with van der Waals surface area (Å²) in [7, 11) is 3.24. The first kappa shape index (κ1) is 24.1. The van der Waals surface area contributed by atoms with Crippen molar-refractivity contribution in [3.63, 3.8) is 0 Å². The van der Waals surface area contributed by atoms with E-state index in [1.807, 2.05) is 48.5 Å². The summed E-state index contributed by atoms with van der Waals surface area (Å²) in [6, 6.07) is 14.6. The SMILES string of the molecule is COc1ccc(OC[C@@H](O)CN2CCN(C[C@@H](O)COc3ccc(OC)cc3)CC2)cc1. The molecule has 8 heteroatoms. The zero-order chi connectivity index (χ0) is 22.8. The number of hydrogen-bond donors (Lipinski definition) is 2. The van der Waals surface area contributed by atoms with Crippen LogP contribution in [0.5, 0.6) is 23.0 Å². The van der Waals surface area contributed by atoms with Gasteiger partial charge in [-0.15, -0.1) is 0 Å². The van der Waals surface area contributed by atoms with Crippen molar-refractivity contribution in [2.24, 2.45) is 0 Å². The van der Waals surface area contributed by atoms with Gasteiger partial charge in [-0.05, 0) is 48.5 Å².